The number of unbranched alkanes of at least 4 members (excludes halogenated alkanes) is 1. The first-order valence-electron chi connectivity index (χ1n) is 5.38. The Bertz CT molecular complexity index is 171. The maximum Gasteiger partial charge on any atom is 0.0107 e. The fourth-order valence-corrected chi connectivity index (χ4v) is 2.48. The van der Waals surface area contributed by atoms with Gasteiger partial charge in [0.15, 0.2) is 0 Å². The number of terminal acetylenes is 1. The van der Waals surface area contributed by atoms with E-state index in [4.69, 9.17) is 6.42 Å². The Morgan fingerprint density at radius 2 is 2.07 bits per heavy atom. The van der Waals surface area contributed by atoms with E-state index < -0.39 is 0 Å². The van der Waals surface area contributed by atoms with Crippen LogP contribution < -0.4 is 5.32 Å². The number of thioether (sulfide) groups is 1. The predicted molar refractivity (Wildman–Crippen MR) is 64.7 cm³/mol. The molecule has 0 unspecified atom stereocenters. The second-order valence-electron chi connectivity index (χ2n) is 3.51. The third kappa shape index (κ3) is 5.54. The summed E-state index contributed by atoms with van der Waals surface area (Å²) < 4.78 is 0. The van der Waals surface area contributed by atoms with Gasteiger partial charge in [0.25, 0.3) is 0 Å². The van der Waals surface area contributed by atoms with Crippen molar-refractivity contribution in [3.05, 3.63) is 0 Å². The van der Waals surface area contributed by atoms with Gasteiger partial charge < -0.3 is 10.2 Å². The summed E-state index contributed by atoms with van der Waals surface area (Å²) >= 11 is 2.06. The van der Waals surface area contributed by atoms with E-state index in [1.54, 1.807) is 0 Å². The van der Waals surface area contributed by atoms with Crippen LogP contribution in [0.3, 0.4) is 0 Å². The molecule has 0 radical (unpaired) electrons. The minimum atomic E-state index is 0.896. The van der Waals surface area contributed by atoms with Gasteiger partial charge in [-0.05, 0) is 13.0 Å². The highest BCUT2D eigenvalue weighted by atomic mass is 32.2. The molecule has 0 amide bonds. The van der Waals surface area contributed by atoms with Crippen molar-refractivity contribution in [3.8, 4) is 12.3 Å². The summed E-state index contributed by atoms with van der Waals surface area (Å²) in [7, 11) is 0. The van der Waals surface area contributed by atoms with Crippen LogP contribution >= 0.6 is 11.8 Å². The van der Waals surface area contributed by atoms with E-state index in [9.17, 15) is 0 Å². The lowest BCUT2D eigenvalue weighted by atomic mass is 10.3. The van der Waals surface area contributed by atoms with Crippen LogP contribution in [0.1, 0.15) is 12.8 Å². The van der Waals surface area contributed by atoms with Crippen molar-refractivity contribution in [1.29, 1.82) is 0 Å². The van der Waals surface area contributed by atoms with Gasteiger partial charge in [0.05, 0.1) is 0 Å². The molecule has 0 aromatic heterocycles. The van der Waals surface area contributed by atoms with Gasteiger partial charge in [-0.3, -0.25) is 0 Å². The molecule has 80 valence electrons. The Morgan fingerprint density at radius 3 is 2.79 bits per heavy atom. The summed E-state index contributed by atoms with van der Waals surface area (Å²) in [5, 5.41) is 3.42. The maximum absolute atomic E-state index is 5.17. The van der Waals surface area contributed by atoms with Gasteiger partial charge in [-0.1, -0.05) is 0 Å². The largest absolute Gasteiger partial charge is 0.315 e. The van der Waals surface area contributed by atoms with E-state index in [2.05, 4.69) is 27.9 Å². The number of nitrogens with zero attached hydrogens (tertiary/aromatic N) is 1. The maximum atomic E-state index is 5.17. The Morgan fingerprint density at radius 1 is 1.29 bits per heavy atom. The minimum absolute atomic E-state index is 0.896. The topological polar surface area (TPSA) is 15.3 Å². The molecule has 0 saturated carbocycles. The van der Waals surface area contributed by atoms with Crippen LogP contribution in [0.2, 0.25) is 0 Å². The van der Waals surface area contributed by atoms with E-state index >= 15 is 0 Å². The third-order valence-electron chi connectivity index (χ3n) is 2.38. The molecule has 2 nitrogen and oxygen atoms in total. The van der Waals surface area contributed by atoms with Gasteiger partial charge in [-0.25, -0.2) is 0 Å². The normalized spacial score (nSPS) is 17.9. The van der Waals surface area contributed by atoms with Crippen LogP contribution in [0.4, 0.5) is 0 Å². The van der Waals surface area contributed by atoms with Gasteiger partial charge in [-0.2, -0.15) is 11.8 Å². The molecule has 1 saturated heterocycles. The monoisotopic (exact) mass is 212 g/mol. The molecular weight excluding hydrogens is 192 g/mol. The van der Waals surface area contributed by atoms with Crippen LogP contribution in [0.25, 0.3) is 0 Å². The zero-order valence-electron chi connectivity index (χ0n) is 8.80. The predicted octanol–water partition coefficient (Wildman–Crippen LogP) is 1.04. The van der Waals surface area contributed by atoms with Crippen molar-refractivity contribution in [1.82, 2.24) is 10.2 Å². The van der Waals surface area contributed by atoms with E-state index in [1.165, 1.54) is 31.1 Å². The Kier molecular flexibility index (Phi) is 6.94. The SMILES string of the molecule is C#CCCCNCCN1CCSCC1. The Balaban J connectivity index is 1.85. The average Bonchev–Trinajstić information content (AvgIpc) is 2.25. The summed E-state index contributed by atoms with van der Waals surface area (Å²) in [6, 6.07) is 0. The fraction of sp³-hybridized carbons (Fsp3) is 0.818. The summed E-state index contributed by atoms with van der Waals surface area (Å²) in [4.78, 5) is 2.53. The molecule has 0 aromatic rings. The van der Waals surface area contributed by atoms with Crippen molar-refractivity contribution in [2.75, 3.05) is 44.2 Å². The molecule has 1 fully saturated rings. The van der Waals surface area contributed by atoms with E-state index in [-0.39, 0.29) is 0 Å². The molecule has 1 heterocycles. The summed E-state index contributed by atoms with van der Waals surface area (Å²) in [5.41, 5.74) is 0. The average molecular weight is 212 g/mol. The highest BCUT2D eigenvalue weighted by molar-refractivity contribution is 7.99. The van der Waals surface area contributed by atoms with Crippen molar-refractivity contribution in [2.24, 2.45) is 0 Å². The second-order valence-corrected chi connectivity index (χ2v) is 4.74. The molecular formula is C11H20N2S. The van der Waals surface area contributed by atoms with Gasteiger partial charge in [0.2, 0.25) is 0 Å². The molecule has 0 aromatic carbocycles. The molecule has 1 rings (SSSR count). The fourth-order valence-electron chi connectivity index (χ4n) is 1.50. The molecule has 14 heavy (non-hydrogen) atoms. The van der Waals surface area contributed by atoms with Crippen LogP contribution in [-0.4, -0.2) is 49.1 Å². The van der Waals surface area contributed by atoms with Gasteiger partial charge in [-0.15, -0.1) is 12.3 Å². The Labute approximate surface area is 91.8 Å². The molecule has 3 heteroatoms. The first-order chi connectivity index (χ1) is 6.93. The zero-order valence-corrected chi connectivity index (χ0v) is 9.61. The standard InChI is InChI=1S/C11H20N2S/c1-2-3-4-5-12-6-7-13-8-10-14-11-9-13/h1,12H,3-11H2. The number of nitrogens with one attached hydrogen (secondary N) is 1. The lowest BCUT2D eigenvalue weighted by Gasteiger charge is -2.26. The lowest BCUT2D eigenvalue weighted by Crippen LogP contribution is -2.37. The molecule has 0 aliphatic carbocycles. The molecule has 1 N–H and O–H groups in total. The van der Waals surface area contributed by atoms with Gasteiger partial charge >= 0.3 is 0 Å². The first-order valence-corrected chi connectivity index (χ1v) is 6.53. The van der Waals surface area contributed by atoms with E-state index in [1.807, 2.05) is 0 Å². The summed E-state index contributed by atoms with van der Waals surface area (Å²) in [6.07, 6.45) is 7.17. The van der Waals surface area contributed by atoms with E-state index in [0.29, 0.717) is 0 Å². The Hall–Kier alpha value is -0.170. The molecule has 0 atom stereocenters. The quantitative estimate of drug-likeness (QED) is 0.523. The summed E-state index contributed by atoms with van der Waals surface area (Å²) in [5.74, 6) is 5.26. The molecule has 0 spiro atoms. The third-order valence-corrected chi connectivity index (χ3v) is 3.33. The van der Waals surface area contributed by atoms with Crippen LogP contribution in [0.15, 0.2) is 0 Å². The smallest absolute Gasteiger partial charge is 0.0107 e. The van der Waals surface area contributed by atoms with E-state index in [0.717, 1.165) is 25.9 Å². The zero-order chi connectivity index (χ0) is 10.1. The van der Waals surface area contributed by atoms with Crippen LogP contribution in [0, 0.1) is 12.3 Å². The first kappa shape index (κ1) is 11.9. The van der Waals surface area contributed by atoms with Crippen LogP contribution in [-0.2, 0) is 0 Å². The molecule has 1 aliphatic heterocycles. The number of rotatable bonds is 6. The molecule has 0 bridgehead atoms. The lowest BCUT2D eigenvalue weighted by molar-refractivity contribution is 0.301. The van der Waals surface area contributed by atoms with Crippen molar-refractivity contribution in [2.45, 2.75) is 12.8 Å². The second kappa shape index (κ2) is 8.16. The minimum Gasteiger partial charge on any atom is -0.315 e. The van der Waals surface area contributed by atoms with Crippen molar-refractivity contribution < 1.29 is 0 Å². The van der Waals surface area contributed by atoms with Gasteiger partial charge in [0, 0.05) is 44.1 Å². The number of hydrogen-bond donors (Lipinski definition) is 1. The van der Waals surface area contributed by atoms with Crippen molar-refractivity contribution >= 4 is 11.8 Å². The van der Waals surface area contributed by atoms with Gasteiger partial charge in [0.1, 0.15) is 0 Å². The van der Waals surface area contributed by atoms with Crippen molar-refractivity contribution in [3.63, 3.8) is 0 Å². The number of hydrogen-bond acceptors (Lipinski definition) is 3. The molecule has 1 aliphatic rings. The van der Waals surface area contributed by atoms with Crippen LogP contribution in [0.5, 0.6) is 0 Å². The highest BCUT2D eigenvalue weighted by Crippen LogP contribution is 2.07. The highest BCUT2D eigenvalue weighted by Gasteiger charge is 2.08. The summed E-state index contributed by atoms with van der Waals surface area (Å²) in [6.45, 7) is 5.88.